The fraction of sp³-hybridized carbons (Fsp3) is 0.571. The van der Waals surface area contributed by atoms with Crippen LogP contribution in [0.3, 0.4) is 0 Å². The summed E-state index contributed by atoms with van der Waals surface area (Å²) in [6, 6.07) is 3.77. The molecule has 0 spiro atoms. The molecular formula is C14H19NO3S. The van der Waals surface area contributed by atoms with E-state index in [2.05, 4.69) is 0 Å². The van der Waals surface area contributed by atoms with Crippen LogP contribution in [0.15, 0.2) is 17.5 Å². The van der Waals surface area contributed by atoms with Gasteiger partial charge in [0.25, 0.3) is 0 Å². The van der Waals surface area contributed by atoms with Gasteiger partial charge in [-0.05, 0) is 37.8 Å². The molecule has 0 bridgehead atoms. The Morgan fingerprint density at radius 1 is 1.53 bits per heavy atom. The second kappa shape index (κ2) is 6.82. The number of nitrogens with zero attached hydrogens (tertiary/aromatic N) is 1. The van der Waals surface area contributed by atoms with Crippen molar-refractivity contribution in [3.8, 4) is 0 Å². The first-order chi connectivity index (χ1) is 9.20. The van der Waals surface area contributed by atoms with Gasteiger partial charge < -0.3 is 4.74 Å². The zero-order chi connectivity index (χ0) is 13.7. The van der Waals surface area contributed by atoms with E-state index in [0.717, 1.165) is 24.3 Å². The number of likely N-dealkylation sites (tertiary alicyclic amines) is 1. The highest BCUT2D eigenvalue weighted by Crippen LogP contribution is 2.23. The standard InChI is InChI=1S/C14H19NO3S/c1-2-18-13(16)10-15-7-3-5-11(9-15)14(17)12-6-4-8-19-12/h4,6,8,11H,2-3,5,7,9-10H2,1H3. The summed E-state index contributed by atoms with van der Waals surface area (Å²) in [7, 11) is 0. The highest BCUT2D eigenvalue weighted by atomic mass is 32.1. The molecule has 1 aliphatic rings. The average molecular weight is 281 g/mol. The molecule has 0 aromatic carbocycles. The lowest BCUT2D eigenvalue weighted by molar-refractivity contribution is -0.144. The normalized spacial score (nSPS) is 20.2. The Hall–Kier alpha value is -1.20. The summed E-state index contributed by atoms with van der Waals surface area (Å²) in [6.07, 6.45) is 1.87. The molecule has 2 rings (SSSR count). The monoisotopic (exact) mass is 281 g/mol. The molecule has 1 aromatic heterocycles. The van der Waals surface area contributed by atoms with Crippen LogP contribution in [0.2, 0.25) is 0 Å². The number of carbonyl (C=O) groups excluding carboxylic acids is 2. The van der Waals surface area contributed by atoms with Crippen molar-refractivity contribution in [1.82, 2.24) is 4.90 Å². The third-order valence-electron chi connectivity index (χ3n) is 3.30. The lowest BCUT2D eigenvalue weighted by Crippen LogP contribution is -2.41. The first kappa shape index (κ1) is 14.2. The number of ether oxygens (including phenoxy) is 1. The largest absolute Gasteiger partial charge is 0.465 e. The molecule has 19 heavy (non-hydrogen) atoms. The summed E-state index contributed by atoms with van der Waals surface area (Å²) >= 11 is 1.49. The number of Topliss-reactive ketones (excluding diaryl/α,β-unsaturated/α-hetero) is 1. The van der Waals surface area contributed by atoms with Crippen molar-refractivity contribution >= 4 is 23.1 Å². The molecule has 1 aromatic rings. The summed E-state index contributed by atoms with van der Waals surface area (Å²) in [6.45, 7) is 4.03. The summed E-state index contributed by atoms with van der Waals surface area (Å²) in [4.78, 5) is 26.6. The zero-order valence-corrected chi connectivity index (χ0v) is 11.9. The Balaban J connectivity index is 1.90. The van der Waals surface area contributed by atoms with E-state index < -0.39 is 0 Å². The van der Waals surface area contributed by atoms with Crippen LogP contribution < -0.4 is 0 Å². The van der Waals surface area contributed by atoms with Gasteiger partial charge in [-0.15, -0.1) is 11.3 Å². The number of carbonyl (C=O) groups is 2. The zero-order valence-electron chi connectivity index (χ0n) is 11.1. The lowest BCUT2D eigenvalue weighted by atomic mass is 9.93. The maximum atomic E-state index is 12.3. The van der Waals surface area contributed by atoms with E-state index >= 15 is 0 Å². The minimum Gasteiger partial charge on any atom is -0.465 e. The summed E-state index contributed by atoms with van der Waals surface area (Å²) < 4.78 is 4.95. The third kappa shape index (κ3) is 3.88. The Morgan fingerprint density at radius 3 is 3.05 bits per heavy atom. The fourth-order valence-electron chi connectivity index (χ4n) is 2.42. The van der Waals surface area contributed by atoms with Crippen LogP contribution in [0.25, 0.3) is 0 Å². The molecule has 0 saturated carbocycles. The van der Waals surface area contributed by atoms with Gasteiger partial charge in [0, 0.05) is 12.5 Å². The van der Waals surface area contributed by atoms with Crippen molar-refractivity contribution in [2.24, 2.45) is 5.92 Å². The second-order valence-electron chi connectivity index (χ2n) is 4.72. The van der Waals surface area contributed by atoms with Crippen molar-refractivity contribution in [2.75, 3.05) is 26.2 Å². The number of thiophene rings is 1. The number of esters is 1. The van der Waals surface area contributed by atoms with E-state index in [0.29, 0.717) is 19.7 Å². The van der Waals surface area contributed by atoms with E-state index in [9.17, 15) is 9.59 Å². The van der Waals surface area contributed by atoms with E-state index in [1.807, 2.05) is 22.4 Å². The highest BCUT2D eigenvalue weighted by Gasteiger charge is 2.28. The SMILES string of the molecule is CCOC(=O)CN1CCCC(C(=O)c2cccs2)C1. The van der Waals surface area contributed by atoms with Gasteiger partial charge in [0.05, 0.1) is 18.0 Å². The molecule has 0 aliphatic carbocycles. The number of rotatable bonds is 5. The molecule has 1 atom stereocenters. The fourth-order valence-corrected chi connectivity index (χ4v) is 3.17. The maximum Gasteiger partial charge on any atom is 0.320 e. The van der Waals surface area contributed by atoms with Gasteiger partial charge in [0.2, 0.25) is 0 Å². The quantitative estimate of drug-likeness (QED) is 0.613. The molecular weight excluding hydrogens is 262 g/mol. The van der Waals surface area contributed by atoms with Gasteiger partial charge in [0.1, 0.15) is 0 Å². The second-order valence-corrected chi connectivity index (χ2v) is 5.67. The van der Waals surface area contributed by atoms with E-state index in [1.165, 1.54) is 11.3 Å². The summed E-state index contributed by atoms with van der Waals surface area (Å²) in [5.41, 5.74) is 0. The van der Waals surface area contributed by atoms with Crippen LogP contribution in [-0.4, -0.2) is 42.9 Å². The van der Waals surface area contributed by atoms with Gasteiger partial charge in [-0.1, -0.05) is 6.07 Å². The summed E-state index contributed by atoms with van der Waals surface area (Å²) in [5, 5.41) is 1.92. The van der Waals surface area contributed by atoms with Gasteiger partial charge in [-0.2, -0.15) is 0 Å². The molecule has 1 unspecified atom stereocenters. The van der Waals surface area contributed by atoms with Crippen molar-refractivity contribution in [2.45, 2.75) is 19.8 Å². The van der Waals surface area contributed by atoms with Gasteiger partial charge in [-0.25, -0.2) is 0 Å². The minimum absolute atomic E-state index is 0.0156. The van der Waals surface area contributed by atoms with Gasteiger partial charge in [-0.3, -0.25) is 14.5 Å². The van der Waals surface area contributed by atoms with Crippen LogP contribution in [0.4, 0.5) is 0 Å². The predicted molar refractivity (Wildman–Crippen MR) is 74.4 cm³/mol. The first-order valence-corrected chi connectivity index (χ1v) is 7.54. The number of piperidine rings is 1. The minimum atomic E-state index is -0.202. The number of hydrogen-bond donors (Lipinski definition) is 0. The topological polar surface area (TPSA) is 46.6 Å². The van der Waals surface area contributed by atoms with Crippen LogP contribution >= 0.6 is 11.3 Å². The molecule has 104 valence electrons. The third-order valence-corrected chi connectivity index (χ3v) is 4.18. The Kier molecular flexibility index (Phi) is 5.10. The molecule has 0 radical (unpaired) electrons. The van der Waals surface area contributed by atoms with Crippen molar-refractivity contribution in [3.63, 3.8) is 0 Å². The smallest absolute Gasteiger partial charge is 0.320 e. The van der Waals surface area contributed by atoms with Crippen molar-refractivity contribution in [1.29, 1.82) is 0 Å². The van der Waals surface area contributed by atoms with Crippen molar-refractivity contribution < 1.29 is 14.3 Å². The van der Waals surface area contributed by atoms with Crippen LogP contribution in [0.5, 0.6) is 0 Å². The number of ketones is 1. The molecule has 0 amide bonds. The van der Waals surface area contributed by atoms with Crippen LogP contribution in [0, 0.1) is 5.92 Å². The lowest BCUT2D eigenvalue weighted by Gasteiger charge is -2.30. The Bertz CT molecular complexity index is 430. The first-order valence-electron chi connectivity index (χ1n) is 6.66. The van der Waals surface area contributed by atoms with E-state index in [-0.39, 0.29) is 17.7 Å². The predicted octanol–water partition coefficient (Wildman–Crippen LogP) is 2.21. The highest BCUT2D eigenvalue weighted by molar-refractivity contribution is 7.12. The van der Waals surface area contributed by atoms with Gasteiger partial charge in [0.15, 0.2) is 5.78 Å². The number of hydrogen-bond acceptors (Lipinski definition) is 5. The molecule has 0 N–H and O–H groups in total. The summed E-state index contributed by atoms with van der Waals surface area (Å²) in [5.74, 6) is 0.0251. The van der Waals surface area contributed by atoms with Crippen LogP contribution in [-0.2, 0) is 9.53 Å². The van der Waals surface area contributed by atoms with Gasteiger partial charge >= 0.3 is 5.97 Å². The maximum absolute atomic E-state index is 12.3. The van der Waals surface area contributed by atoms with Crippen molar-refractivity contribution in [3.05, 3.63) is 22.4 Å². The molecule has 2 heterocycles. The molecule has 4 nitrogen and oxygen atoms in total. The Labute approximate surface area is 117 Å². The molecule has 5 heteroatoms. The van der Waals surface area contributed by atoms with E-state index in [4.69, 9.17) is 4.74 Å². The van der Waals surface area contributed by atoms with Crippen LogP contribution in [0.1, 0.15) is 29.4 Å². The average Bonchev–Trinajstić information content (AvgIpc) is 2.92. The Morgan fingerprint density at radius 2 is 2.37 bits per heavy atom. The molecule has 1 saturated heterocycles. The molecule has 1 fully saturated rings. The molecule has 1 aliphatic heterocycles. The van der Waals surface area contributed by atoms with E-state index in [1.54, 1.807) is 6.92 Å².